The number of alkyl carbamates (subject to hydrolysis) is 1. The van der Waals surface area contributed by atoms with E-state index in [4.69, 9.17) is 4.74 Å². The van der Waals surface area contributed by atoms with Crippen molar-refractivity contribution >= 4 is 23.5 Å². The lowest BCUT2D eigenvalue weighted by Gasteiger charge is -2.14. The molecule has 28 heavy (non-hydrogen) atoms. The summed E-state index contributed by atoms with van der Waals surface area (Å²) in [7, 11) is 0. The van der Waals surface area contributed by atoms with Crippen molar-refractivity contribution in [3.05, 3.63) is 87.6 Å². The number of fused-ring (bicyclic) bond motifs is 3. The van der Waals surface area contributed by atoms with Gasteiger partial charge in [-0.3, -0.25) is 0 Å². The summed E-state index contributed by atoms with van der Waals surface area (Å²) in [6.07, 6.45) is 3.31. The van der Waals surface area contributed by atoms with Crippen molar-refractivity contribution in [2.24, 2.45) is 0 Å². The van der Waals surface area contributed by atoms with Gasteiger partial charge in [-0.2, -0.15) is 0 Å². The number of rotatable bonds is 6. The molecule has 1 amide bonds. The number of amides is 1. The lowest BCUT2D eigenvalue weighted by Crippen LogP contribution is -2.26. The third-order valence-corrected chi connectivity index (χ3v) is 5.85. The summed E-state index contributed by atoms with van der Waals surface area (Å²) in [5, 5.41) is 13.9. The number of carbonyl (C=O) groups is 1. The first-order chi connectivity index (χ1) is 13.8. The van der Waals surface area contributed by atoms with Gasteiger partial charge >= 0.3 is 6.09 Å². The molecule has 0 saturated heterocycles. The zero-order valence-electron chi connectivity index (χ0n) is 15.3. The van der Waals surface area contributed by atoms with E-state index >= 15 is 0 Å². The fourth-order valence-electron chi connectivity index (χ4n) is 3.61. The molecular weight excluding hydrogens is 370 g/mol. The molecule has 4 nitrogen and oxygen atoms in total. The Labute approximate surface area is 168 Å². The Morgan fingerprint density at radius 1 is 1.07 bits per heavy atom. The molecular formula is C23H21NO3S. The summed E-state index contributed by atoms with van der Waals surface area (Å²) in [6, 6.07) is 18.5. The number of aliphatic hydroxyl groups is 1. The van der Waals surface area contributed by atoms with Gasteiger partial charge in [0.1, 0.15) is 6.61 Å². The highest BCUT2D eigenvalue weighted by atomic mass is 32.1. The maximum atomic E-state index is 12.1. The molecule has 0 spiro atoms. The van der Waals surface area contributed by atoms with Crippen molar-refractivity contribution in [2.45, 2.75) is 12.5 Å². The van der Waals surface area contributed by atoms with E-state index < -0.39 is 6.09 Å². The molecule has 2 aromatic carbocycles. The fraction of sp³-hybridized carbons (Fsp3) is 0.174. The highest BCUT2D eigenvalue weighted by Gasteiger charge is 2.28. The van der Waals surface area contributed by atoms with E-state index in [9.17, 15) is 9.90 Å². The molecule has 0 radical (unpaired) electrons. The monoisotopic (exact) mass is 391 g/mol. The highest BCUT2D eigenvalue weighted by Crippen LogP contribution is 2.44. The minimum absolute atomic E-state index is 0.0249. The lowest BCUT2D eigenvalue weighted by molar-refractivity contribution is 0.144. The van der Waals surface area contributed by atoms with Crippen molar-refractivity contribution in [2.75, 3.05) is 13.2 Å². The predicted octanol–water partition coefficient (Wildman–Crippen LogP) is 4.79. The molecule has 4 rings (SSSR count). The lowest BCUT2D eigenvalue weighted by atomic mass is 9.98. The summed E-state index contributed by atoms with van der Waals surface area (Å²) < 4.78 is 5.50. The van der Waals surface area contributed by atoms with Crippen LogP contribution in [0.1, 0.15) is 27.5 Å². The number of thiophene rings is 1. The first-order valence-corrected chi connectivity index (χ1v) is 10.1. The minimum Gasteiger partial charge on any atom is -0.449 e. The van der Waals surface area contributed by atoms with E-state index in [-0.39, 0.29) is 12.5 Å². The van der Waals surface area contributed by atoms with Crippen molar-refractivity contribution in [1.82, 2.24) is 5.32 Å². The SMILES string of the molecule is O=C(NCC=Cc1ccsc1CO)OCC1c2ccccc2-c2ccccc21. The molecule has 1 aliphatic carbocycles. The molecule has 1 aromatic heterocycles. The standard InChI is InChI=1S/C23H21NO3S/c25-14-22-16(11-13-28-22)6-5-12-24-23(26)27-15-21-19-9-3-1-7-17(19)18-8-2-4-10-20(18)21/h1-11,13,21,25H,12,14-15H2,(H,24,26). The fourth-order valence-corrected chi connectivity index (χ4v) is 4.33. The van der Waals surface area contributed by atoms with Gasteiger partial charge in [0.2, 0.25) is 0 Å². The molecule has 3 aromatic rings. The van der Waals surface area contributed by atoms with E-state index in [1.54, 1.807) is 0 Å². The smallest absolute Gasteiger partial charge is 0.407 e. The van der Waals surface area contributed by atoms with Crippen LogP contribution in [0.2, 0.25) is 0 Å². The summed E-state index contributed by atoms with van der Waals surface area (Å²) in [5.41, 5.74) is 5.80. The van der Waals surface area contributed by atoms with Gasteiger partial charge in [-0.25, -0.2) is 4.79 Å². The van der Waals surface area contributed by atoms with Crippen LogP contribution >= 0.6 is 11.3 Å². The predicted molar refractivity (Wildman–Crippen MR) is 112 cm³/mol. The maximum Gasteiger partial charge on any atom is 0.407 e. The van der Waals surface area contributed by atoms with Gasteiger partial charge in [0.15, 0.2) is 0 Å². The van der Waals surface area contributed by atoms with E-state index in [2.05, 4.69) is 29.6 Å². The number of carbonyl (C=O) groups excluding carboxylic acids is 1. The van der Waals surface area contributed by atoms with Crippen molar-refractivity contribution in [3.8, 4) is 11.1 Å². The van der Waals surface area contributed by atoms with Gasteiger partial charge in [-0.05, 0) is 39.3 Å². The van der Waals surface area contributed by atoms with Crippen LogP contribution in [-0.4, -0.2) is 24.4 Å². The van der Waals surface area contributed by atoms with Crippen LogP contribution in [0.4, 0.5) is 4.79 Å². The van der Waals surface area contributed by atoms with Crippen LogP contribution in [0.5, 0.6) is 0 Å². The van der Waals surface area contributed by atoms with E-state index in [1.165, 1.54) is 33.6 Å². The van der Waals surface area contributed by atoms with Crippen LogP contribution in [-0.2, 0) is 11.3 Å². The quantitative estimate of drug-likeness (QED) is 0.635. The normalized spacial score (nSPS) is 12.8. The average molecular weight is 391 g/mol. The molecule has 1 aliphatic rings. The van der Waals surface area contributed by atoms with Gasteiger partial charge in [-0.15, -0.1) is 11.3 Å². The number of hydrogen-bond acceptors (Lipinski definition) is 4. The van der Waals surface area contributed by atoms with Gasteiger partial charge in [0.05, 0.1) is 6.61 Å². The van der Waals surface area contributed by atoms with Gasteiger partial charge < -0.3 is 15.2 Å². The van der Waals surface area contributed by atoms with Crippen molar-refractivity contribution < 1.29 is 14.6 Å². The van der Waals surface area contributed by atoms with Crippen LogP contribution in [0, 0.1) is 0 Å². The summed E-state index contributed by atoms with van der Waals surface area (Å²) in [4.78, 5) is 13.0. The molecule has 1 heterocycles. The second kappa shape index (κ2) is 8.42. The molecule has 2 N–H and O–H groups in total. The molecule has 0 fully saturated rings. The van der Waals surface area contributed by atoms with Crippen molar-refractivity contribution in [1.29, 1.82) is 0 Å². The van der Waals surface area contributed by atoms with Crippen LogP contribution in [0.3, 0.4) is 0 Å². The van der Waals surface area contributed by atoms with Gasteiger partial charge in [0.25, 0.3) is 0 Å². The van der Waals surface area contributed by atoms with Crippen LogP contribution < -0.4 is 5.32 Å². The maximum absolute atomic E-state index is 12.1. The summed E-state index contributed by atoms with van der Waals surface area (Å²) in [6.45, 7) is 0.706. The Morgan fingerprint density at radius 3 is 2.43 bits per heavy atom. The Hall–Kier alpha value is -2.89. The van der Waals surface area contributed by atoms with Crippen LogP contribution in [0.25, 0.3) is 17.2 Å². The van der Waals surface area contributed by atoms with Gasteiger partial charge in [0, 0.05) is 17.3 Å². The number of ether oxygens (including phenoxy) is 1. The Balaban J connectivity index is 1.34. The minimum atomic E-state index is -0.431. The van der Waals surface area contributed by atoms with Crippen LogP contribution in [0.15, 0.2) is 66.1 Å². The van der Waals surface area contributed by atoms with E-state index in [0.29, 0.717) is 13.2 Å². The molecule has 0 aliphatic heterocycles. The average Bonchev–Trinajstić information content (AvgIpc) is 3.32. The molecule has 0 saturated carbocycles. The van der Waals surface area contributed by atoms with E-state index in [1.807, 2.05) is 47.9 Å². The number of hydrogen-bond donors (Lipinski definition) is 2. The zero-order chi connectivity index (χ0) is 19.3. The second-order valence-electron chi connectivity index (χ2n) is 6.57. The zero-order valence-corrected chi connectivity index (χ0v) is 16.1. The Bertz CT molecular complexity index is 963. The summed E-state index contributed by atoms with van der Waals surface area (Å²) >= 11 is 1.51. The van der Waals surface area contributed by atoms with E-state index in [0.717, 1.165) is 10.4 Å². The number of benzene rings is 2. The first-order valence-electron chi connectivity index (χ1n) is 9.20. The van der Waals surface area contributed by atoms with Crippen molar-refractivity contribution in [3.63, 3.8) is 0 Å². The Morgan fingerprint density at radius 2 is 1.75 bits per heavy atom. The highest BCUT2D eigenvalue weighted by molar-refractivity contribution is 7.10. The van der Waals surface area contributed by atoms with Gasteiger partial charge in [-0.1, -0.05) is 60.7 Å². The number of aliphatic hydroxyl groups excluding tert-OH is 1. The number of nitrogens with one attached hydrogen (secondary N) is 1. The second-order valence-corrected chi connectivity index (χ2v) is 7.57. The topological polar surface area (TPSA) is 58.6 Å². The third-order valence-electron chi connectivity index (χ3n) is 4.93. The first kappa shape index (κ1) is 18.5. The molecule has 5 heteroatoms. The molecule has 142 valence electrons. The molecule has 0 atom stereocenters. The largest absolute Gasteiger partial charge is 0.449 e. The Kier molecular flexibility index (Phi) is 5.55. The third kappa shape index (κ3) is 3.72. The molecule has 0 bridgehead atoms. The summed E-state index contributed by atoms with van der Waals surface area (Å²) in [5.74, 6) is 0.0617. The molecule has 0 unspecified atom stereocenters.